The lowest BCUT2D eigenvalue weighted by atomic mass is 10.1. The monoisotopic (exact) mass is 242 g/mol. The van der Waals surface area contributed by atoms with E-state index in [1.165, 1.54) is 0 Å². The van der Waals surface area contributed by atoms with Gasteiger partial charge in [-0.1, -0.05) is 12.8 Å². The Hall–Kier alpha value is -1.10. The number of carboxylic acid groups (broad SMARTS) is 1. The number of hydrogen-bond acceptors (Lipinski definition) is 3. The molecule has 1 unspecified atom stereocenters. The Morgan fingerprint density at radius 3 is 2.59 bits per heavy atom. The van der Waals surface area contributed by atoms with Gasteiger partial charge in [0.15, 0.2) is 0 Å². The van der Waals surface area contributed by atoms with Crippen LogP contribution >= 0.6 is 0 Å². The molecule has 1 atom stereocenters. The van der Waals surface area contributed by atoms with Crippen molar-refractivity contribution in [1.82, 2.24) is 9.80 Å². The van der Waals surface area contributed by atoms with E-state index < -0.39 is 12.0 Å². The van der Waals surface area contributed by atoms with Gasteiger partial charge in [-0.05, 0) is 19.4 Å². The summed E-state index contributed by atoms with van der Waals surface area (Å²) < 4.78 is 0. The fraction of sp³-hybridized carbons (Fsp3) is 0.833. The number of aliphatic carboxylic acids is 1. The molecule has 0 bridgehead atoms. The molecule has 1 fully saturated rings. The highest BCUT2D eigenvalue weighted by Crippen LogP contribution is 2.17. The minimum absolute atomic E-state index is 0.0541. The van der Waals surface area contributed by atoms with Crippen LogP contribution in [0, 0.1) is 0 Å². The van der Waals surface area contributed by atoms with E-state index in [0.29, 0.717) is 19.4 Å². The minimum atomic E-state index is -0.760. The maximum atomic E-state index is 11.5. The van der Waals surface area contributed by atoms with Gasteiger partial charge in [0.05, 0.1) is 0 Å². The van der Waals surface area contributed by atoms with Crippen LogP contribution in [0.3, 0.4) is 0 Å². The first kappa shape index (κ1) is 14.0. The number of amides is 1. The van der Waals surface area contributed by atoms with Crippen molar-refractivity contribution in [2.24, 2.45) is 0 Å². The van der Waals surface area contributed by atoms with Gasteiger partial charge in [0.2, 0.25) is 5.91 Å². The van der Waals surface area contributed by atoms with Crippen LogP contribution < -0.4 is 0 Å². The predicted molar refractivity (Wildman–Crippen MR) is 64.8 cm³/mol. The first-order chi connectivity index (χ1) is 8.02. The van der Waals surface area contributed by atoms with E-state index in [9.17, 15) is 14.7 Å². The summed E-state index contributed by atoms with van der Waals surface area (Å²) in [5.74, 6) is -0.706. The molecule has 0 aromatic rings. The second kappa shape index (κ2) is 6.59. The fourth-order valence-corrected chi connectivity index (χ4v) is 2.18. The Balaban J connectivity index is 2.52. The molecule has 0 aromatic heterocycles. The molecule has 0 aromatic carbocycles. The second-order valence-corrected chi connectivity index (χ2v) is 4.78. The first-order valence-electron chi connectivity index (χ1n) is 6.19. The molecule has 0 saturated carbocycles. The Morgan fingerprint density at radius 2 is 2.00 bits per heavy atom. The average molecular weight is 242 g/mol. The van der Waals surface area contributed by atoms with Gasteiger partial charge < -0.3 is 10.0 Å². The standard InChI is InChI=1S/C12H22N2O3/c1-13(2)11(15)7-9-14-8-5-3-4-6-10(14)12(16)17/h10H,3-9H2,1-2H3,(H,16,17). The molecule has 1 heterocycles. The molecule has 0 aliphatic carbocycles. The van der Waals surface area contributed by atoms with Crippen molar-refractivity contribution in [3.63, 3.8) is 0 Å². The molecule has 1 saturated heterocycles. The topological polar surface area (TPSA) is 60.9 Å². The number of rotatable bonds is 4. The molecule has 1 aliphatic rings. The number of carboxylic acids is 1. The number of nitrogens with zero attached hydrogens (tertiary/aromatic N) is 2. The summed E-state index contributed by atoms with van der Waals surface area (Å²) in [7, 11) is 3.44. The molecule has 98 valence electrons. The van der Waals surface area contributed by atoms with Crippen LogP contribution in [0.25, 0.3) is 0 Å². The molecule has 5 nitrogen and oxygen atoms in total. The summed E-state index contributed by atoms with van der Waals surface area (Å²) in [5, 5.41) is 9.17. The summed E-state index contributed by atoms with van der Waals surface area (Å²) in [6.07, 6.45) is 4.18. The van der Waals surface area contributed by atoms with E-state index in [1.54, 1.807) is 19.0 Å². The number of hydrogen-bond donors (Lipinski definition) is 1. The summed E-state index contributed by atoms with van der Waals surface area (Å²) >= 11 is 0. The van der Waals surface area contributed by atoms with Crippen molar-refractivity contribution in [1.29, 1.82) is 0 Å². The van der Waals surface area contributed by atoms with E-state index in [1.807, 2.05) is 4.90 Å². The smallest absolute Gasteiger partial charge is 0.320 e. The molecule has 0 radical (unpaired) electrons. The van der Waals surface area contributed by atoms with E-state index in [0.717, 1.165) is 25.8 Å². The van der Waals surface area contributed by atoms with E-state index in [4.69, 9.17) is 0 Å². The molecule has 1 N–H and O–H groups in total. The van der Waals surface area contributed by atoms with Crippen molar-refractivity contribution >= 4 is 11.9 Å². The first-order valence-corrected chi connectivity index (χ1v) is 6.19. The van der Waals surface area contributed by atoms with Gasteiger partial charge in [0.25, 0.3) is 0 Å². The van der Waals surface area contributed by atoms with E-state index >= 15 is 0 Å². The Morgan fingerprint density at radius 1 is 1.29 bits per heavy atom. The average Bonchev–Trinajstić information content (AvgIpc) is 2.50. The fourth-order valence-electron chi connectivity index (χ4n) is 2.18. The third-order valence-corrected chi connectivity index (χ3v) is 3.26. The minimum Gasteiger partial charge on any atom is -0.480 e. The quantitative estimate of drug-likeness (QED) is 0.792. The summed E-state index contributed by atoms with van der Waals surface area (Å²) in [4.78, 5) is 26.1. The van der Waals surface area contributed by atoms with E-state index in [2.05, 4.69) is 0 Å². The number of carbonyl (C=O) groups is 2. The van der Waals surface area contributed by atoms with Crippen LogP contribution in [-0.4, -0.2) is 60.0 Å². The molecule has 1 rings (SSSR count). The van der Waals surface area contributed by atoms with Gasteiger partial charge in [0.1, 0.15) is 6.04 Å². The van der Waals surface area contributed by atoms with Crippen LogP contribution in [0.5, 0.6) is 0 Å². The van der Waals surface area contributed by atoms with Crippen molar-refractivity contribution in [3.8, 4) is 0 Å². The Bertz CT molecular complexity index is 279. The summed E-state index contributed by atoms with van der Waals surface area (Å²) in [6, 6.07) is -0.410. The largest absolute Gasteiger partial charge is 0.480 e. The maximum absolute atomic E-state index is 11.5. The zero-order valence-electron chi connectivity index (χ0n) is 10.7. The van der Waals surface area contributed by atoms with Gasteiger partial charge in [-0.3, -0.25) is 14.5 Å². The molecular formula is C12H22N2O3. The lowest BCUT2D eigenvalue weighted by Gasteiger charge is -2.26. The van der Waals surface area contributed by atoms with Gasteiger partial charge in [-0.15, -0.1) is 0 Å². The van der Waals surface area contributed by atoms with Crippen molar-refractivity contribution in [2.45, 2.75) is 38.1 Å². The molecule has 5 heteroatoms. The van der Waals surface area contributed by atoms with Gasteiger partial charge in [-0.2, -0.15) is 0 Å². The van der Waals surface area contributed by atoms with Crippen LogP contribution in [0.1, 0.15) is 32.1 Å². The normalized spacial score (nSPS) is 21.9. The van der Waals surface area contributed by atoms with Crippen molar-refractivity contribution in [2.75, 3.05) is 27.2 Å². The summed E-state index contributed by atoms with van der Waals surface area (Å²) in [6.45, 7) is 1.34. The van der Waals surface area contributed by atoms with Crippen LogP contribution in [0.2, 0.25) is 0 Å². The number of carbonyl (C=O) groups excluding carboxylic acids is 1. The lowest BCUT2D eigenvalue weighted by molar-refractivity contribution is -0.144. The third kappa shape index (κ3) is 4.34. The highest BCUT2D eigenvalue weighted by atomic mass is 16.4. The third-order valence-electron chi connectivity index (χ3n) is 3.26. The van der Waals surface area contributed by atoms with Crippen LogP contribution in [-0.2, 0) is 9.59 Å². The summed E-state index contributed by atoms with van der Waals surface area (Å²) in [5.41, 5.74) is 0. The Labute approximate surface area is 102 Å². The van der Waals surface area contributed by atoms with Gasteiger partial charge >= 0.3 is 5.97 Å². The zero-order valence-corrected chi connectivity index (χ0v) is 10.7. The molecule has 0 spiro atoms. The highest BCUT2D eigenvalue weighted by Gasteiger charge is 2.27. The number of likely N-dealkylation sites (tertiary alicyclic amines) is 1. The maximum Gasteiger partial charge on any atom is 0.320 e. The lowest BCUT2D eigenvalue weighted by Crippen LogP contribution is -2.42. The van der Waals surface area contributed by atoms with Crippen molar-refractivity contribution < 1.29 is 14.7 Å². The van der Waals surface area contributed by atoms with E-state index in [-0.39, 0.29) is 5.91 Å². The van der Waals surface area contributed by atoms with Gasteiger partial charge in [-0.25, -0.2) is 0 Å². The second-order valence-electron chi connectivity index (χ2n) is 4.78. The van der Waals surface area contributed by atoms with Crippen LogP contribution in [0.15, 0.2) is 0 Å². The highest BCUT2D eigenvalue weighted by molar-refractivity contribution is 5.76. The molecule has 17 heavy (non-hydrogen) atoms. The molecule has 1 amide bonds. The molecule has 1 aliphatic heterocycles. The van der Waals surface area contributed by atoms with Crippen LogP contribution in [0.4, 0.5) is 0 Å². The SMILES string of the molecule is CN(C)C(=O)CCN1CCCCCC1C(=O)O. The zero-order chi connectivity index (χ0) is 12.8. The Kier molecular flexibility index (Phi) is 5.41. The predicted octanol–water partition coefficient (Wildman–Crippen LogP) is 0.794. The van der Waals surface area contributed by atoms with Gasteiger partial charge in [0, 0.05) is 27.1 Å². The van der Waals surface area contributed by atoms with Crippen molar-refractivity contribution in [3.05, 3.63) is 0 Å². The molecular weight excluding hydrogens is 220 g/mol.